The number of nitrogens with zero attached hydrogens (tertiary/aromatic N) is 2. The van der Waals surface area contributed by atoms with Crippen LogP contribution >= 0.6 is 0 Å². The van der Waals surface area contributed by atoms with Crippen molar-refractivity contribution in [3.63, 3.8) is 0 Å². The van der Waals surface area contributed by atoms with E-state index in [0.29, 0.717) is 17.3 Å². The molecule has 118 valence electrons. The molecular formula is C13H21N3O4S. The van der Waals surface area contributed by atoms with E-state index in [1.807, 2.05) is 0 Å². The van der Waals surface area contributed by atoms with E-state index in [1.54, 1.807) is 13.8 Å². The van der Waals surface area contributed by atoms with E-state index in [2.05, 4.69) is 16.7 Å². The van der Waals surface area contributed by atoms with E-state index < -0.39 is 16.0 Å². The molecule has 0 bridgehead atoms. The summed E-state index contributed by atoms with van der Waals surface area (Å²) < 4.78 is 29.0. The molecular weight excluding hydrogens is 294 g/mol. The van der Waals surface area contributed by atoms with Gasteiger partial charge < -0.3 is 5.11 Å². The third-order valence-corrected chi connectivity index (χ3v) is 5.66. The summed E-state index contributed by atoms with van der Waals surface area (Å²) in [5.74, 6) is -0.531. The average Bonchev–Trinajstić information content (AvgIpc) is 2.82. The SMILES string of the molecule is Cc1nn(CC(=O)O)c(C)c1S(=O)(=O)NC1CCC(C)C1. The molecule has 2 N–H and O–H groups in total. The Morgan fingerprint density at radius 3 is 2.62 bits per heavy atom. The van der Waals surface area contributed by atoms with Crippen LogP contribution in [0.2, 0.25) is 0 Å². The maximum absolute atomic E-state index is 12.5. The molecule has 2 atom stereocenters. The number of carboxylic acids is 1. The van der Waals surface area contributed by atoms with E-state index in [1.165, 1.54) is 4.68 Å². The summed E-state index contributed by atoms with van der Waals surface area (Å²) in [5.41, 5.74) is 0.681. The van der Waals surface area contributed by atoms with Crippen molar-refractivity contribution in [3.8, 4) is 0 Å². The Morgan fingerprint density at radius 2 is 2.10 bits per heavy atom. The Balaban J connectivity index is 2.27. The first kappa shape index (κ1) is 16.0. The second kappa shape index (κ2) is 5.76. The Kier molecular flexibility index (Phi) is 4.38. The Labute approximate surface area is 124 Å². The van der Waals surface area contributed by atoms with Gasteiger partial charge in [-0.25, -0.2) is 13.1 Å². The molecule has 8 heteroatoms. The van der Waals surface area contributed by atoms with Crippen LogP contribution in [0.1, 0.15) is 37.6 Å². The van der Waals surface area contributed by atoms with Gasteiger partial charge in [-0.15, -0.1) is 0 Å². The monoisotopic (exact) mass is 315 g/mol. The fraction of sp³-hybridized carbons (Fsp3) is 0.692. The van der Waals surface area contributed by atoms with Crippen molar-refractivity contribution in [2.24, 2.45) is 5.92 Å². The Hall–Kier alpha value is -1.41. The summed E-state index contributed by atoms with van der Waals surface area (Å²) >= 11 is 0. The number of carbonyl (C=O) groups is 1. The molecule has 0 saturated heterocycles. The summed E-state index contributed by atoms with van der Waals surface area (Å²) in [7, 11) is -3.67. The van der Waals surface area contributed by atoms with Gasteiger partial charge >= 0.3 is 5.97 Å². The summed E-state index contributed by atoms with van der Waals surface area (Å²) in [6.45, 7) is 4.92. The van der Waals surface area contributed by atoms with Crippen LogP contribution in [0.4, 0.5) is 0 Å². The van der Waals surface area contributed by atoms with Crippen molar-refractivity contribution in [2.75, 3.05) is 0 Å². The van der Waals surface area contributed by atoms with Crippen LogP contribution < -0.4 is 4.72 Å². The first-order chi connectivity index (χ1) is 9.70. The smallest absolute Gasteiger partial charge is 0.325 e. The number of hydrogen-bond acceptors (Lipinski definition) is 4. The van der Waals surface area contributed by atoms with Crippen LogP contribution in [-0.4, -0.2) is 35.3 Å². The maximum atomic E-state index is 12.5. The van der Waals surface area contributed by atoms with E-state index in [0.717, 1.165) is 19.3 Å². The molecule has 0 spiro atoms. The molecule has 1 aromatic heterocycles. The molecule has 1 aromatic rings. The molecule has 1 aliphatic rings. The molecule has 2 unspecified atom stereocenters. The first-order valence-corrected chi connectivity index (χ1v) is 8.47. The van der Waals surface area contributed by atoms with Crippen LogP contribution in [0.25, 0.3) is 0 Å². The average molecular weight is 315 g/mol. The van der Waals surface area contributed by atoms with Crippen molar-refractivity contribution >= 4 is 16.0 Å². The lowest BCUT2D eigenvalue weighted by atomic mass is 10.1. The number of sulfonamides is 1. The zero-order valence-electron chi connectivity index (χ0n) is 12.5. The minimum absolute atomic E-state index is 0.0494. The van der Waals surface area contributed by atoms with Crippen LogP contribution in [0.5, 0.6) is 0 Å². The van der Waals surface area contributed by atoms with Gasteiger partial charge in [0.25, 0.3) is 0 Å². The lowest BCUT2D eigenvalue weighted by molar-refractivity contribution is -0.137. The number of rotatable bonds is 5. The van der Waals surface area contributed by atoms with Crippen molar-refractivity contribution in [3.05, 3.63) is 11.4 Å². The van der Waals surface area contributed by atoms with Crippen LogP contribution in [0.3, 0.4) is 0 Å². The highest BCUT2D eigenvalue weighted by molar-refractivity contribution is 7.89. The molecule has 21 heavy (non-hydrogen) atoms. The lowest BCUT2D eigenvalue weighted by Crippen LogP contribution is -2.33. The summed E-state index contributed by atoms with van der Waals surface area (Å²) in [4.78, 5) is 10.9. The van der Waals surface area contributed by atoms with E-state index in [4.69, 9.17) is 5.11 Å². The van der Waals surface area contributed by atoms with E-state index >= 15 is 0 Å². The highest BCUT2D eigenvalue weighted by Gasteiger charge is 2.30. The highest BCUT2D eigenvalue weighted by Crippen LogP contribution is 2.27. The highest BCUT2D eigenvalue weighted by atomic mass is 32.2. The Morgan fingerprint density at radius 1 is 1.43 bits per heavy atom. The van der Waals surface area contributed by atoms with Gasteiger partial charge in [0.05, 0.1) is 11.4 Å². The minimum Gasteiger partial charge on any atom is -0.480 e. The van der Waals surface area contributed by atoms with Gasteiger partial charge in [0.1, 0.15) is 11.4 Å². The zero-order chi connectivity index (χ0) is 15.8. The number of aryl methyl sites for hydroxylation is 1. The van der Waals surface area contributed by atoms with Crippen LogP contribution in [0, 0.1) is 19.8 Å². The number of hydrogen-bond donors (Lipinski definition) is 2. The molecule has 0 aliphatic heterocycles. The van der Waals surface area contributed by atoms with Gasteiger partial charge in [-0.1, -0.05) is 6.92 Å². The second-order valence-corrected chi connectivity index (χ2v) is 7.44. The second-order valence-electron chi connectivity index (χ2n) is 5.79. The van der Waals surface area contributed by atoms with Crippen molar-refractivity contribution in [2.45, 2.75) is 57.5 Å². The summed E-state index contributed by atoms with van der Waals surface area (Å²) in [6.07, 6.45) is 2.69. The minimum atomic E-state index is -3.67. The molecule has 1 heterocycles. The standard InChI is InChI=1S/C13H21N3O4S/c1-8-4-5-11(6-8)15-21(19,20)13-9(2)14-16(10(13)3)7-12(17)18/h8,11,15H,4-7H2,1-3H3,(H,17,18). The molecule has 0 radical (unpaired) electrons. The summed E-state index contributed by atoms with van der Waals surface area (Å²) in [6, 6.07) is -0.0494. The predicted octanol–water partition coefficient (Wildman–Crippen LogP) is 1.05. The molecule has 1 saturated carbocycles. The zero-order valence-corrected chi connectivity index (χ0v) is 13.3. The third-order valence-electron chi connectivity index (χ3n) is 3.89. The van der Waals surface area contributed by atoms with Gasteiger partial charge in [0, 0.05) is 6.04 Å². The normalized spacial score (nSPS) is 22.6. The molecule has 0 aromatic carbocycles. The topological polar surface area (TPSA) is 101 Å². The molecule has 1 aliphatic carbocycles. The lowest BCUT2D eigenvalue weighted by Gasteiger charge is -2.13. The number of nitrogens with one attached hydrogen (secondary N) is 1. The van der Waals surface area contributed by atoms with E-state index in [-0.39, 0.29) is 17.5 Å². The molecule has 0 amide bonds. The number of aromatic nitrogens is 2. The molecule has 7 nitrogen and oxygen atoms in total. The van der Waals surface area contributed by atoms with Gasteiger partial charge in [0.2, 0.25) is 10.0 Å². The van der Waals surface area contributed by atoms with Crippen molar-refractivity contribution in [1.29, 1.82) is 0 Å². The van der Waals surface area contributed by atoms with Crippen LogP contribution in [-0.2, 0) is 21.4 Å². The van der Waals surface area contributed by atoms with Gasteiger partial charge in [-0.3, -0.25) is 9.48 Å². The number of aliphatic carboxylic acids is 1. The fourth-order valence-electron chi connectivity index (χ4n) is 2.94. The fourth-order valence-corrected chi connectivity index (χ4v) is 4.64. The first-order valence-electron chi connectivity index (χ1n) is 6.99. The predicted molar refractivity (Wildman–Crippen MR) is 76.5 cm³/mol. The van der Waals surface area contributed by atoms with Gasteiger partial charge in [-0.2, -0.15) is 5.10 Å². The number of carboxylic acid groups (broad SMARTS) is 1. The third kappa shape index (κ3) is 3.44. The largest absolute Gasteiger partial charge is 0.480 e. The van der Waals surface area contributed by atoms with Crippen LogP contribution in [0.15, 0.2) is 4.90 Å². The van der Waals surface area contributed by atoms with Gasteiger partial charge in [-0.05, 0) is 39.0 Å². The maximum Gasteiger partial charge on any atom is 0.325 e. The van der Waals surface area contributed by atoms with Gasteiger partial charge in [0.15, 0.2) is 0 Å². The summed E-state index contributed by atoms with van der Waals surface area (Å²) in [5, 5.41) is 12.9. The van der Waals surface area contributed by atoms with Crippen molar-refractivity contribution in [1.82, 2.24) is 14.5 Å². The molecule has 2 rings (SSSR count). The molecule has 1 fully saturated rings. The van der Waals surface area contributed by atoms with E-state index in [9.17, 15) is 13.2 Å². The van der Waals surface area contributed by atoms with Crippen molar-refractivity contribution < 1.29 is 18.3 Å². The Bertz CT molecular complexity index is 651. The quantitative estimate of drug-likeness (QED) is 0.846.